The van der Waals surface area contributed by atoms with E-state index < -0.39 is 14.7 Å². The van der Waals surface area contributed by atoms with Gasteiger partial charge in [-0.1, -0.05) is 91.0 Å². The fraction of sp³-hybridized carbons (Fsp3) is 0.0323. The van der Waals surface area contributed by atoms with E-state index in [1.165, 1.54) is 7.11 Å². The van der Waals surface area contributed by atoms with Gasteiger partial charge in [0, 0.05) is 17.7 Å². The highest BCUT2D eigenvalue weighted by Gasteiger charge is 2.30. The molecule has 0 heterocycles. The molecule has 0 saturated carbocycles. The lowest BCUT2D eigenvalue weighted by atomic mass is 10.3. The van der Waals surface area contributed by atoms with Gasteiger partial charge in [0.1, 0.15) is 5.75 Å². The van der Waals surface area contributed by atoms with Crippen LogP contribution in [0.1, 0.15) is 0 Å². The smallest absolute Gasteiger partial charge is 0.306 e. The maximum Gasteiger partial charge on any atom is 0.306 e. The molecule has 0 bridgehead atoms. The molecule has 0 N–H and O–H groups in total. The summed E-state index contributed by atoms with van der Waals surface area (Å²) in [6.07, 6.45) is 0. The van der Waals surface area contributed by atoms with Crippen LogP contribution in [0.15, 0.2) is 152 Å². The van der Waals surface area contributed by atoms with Gasteiger partial charge in [0.15, 0.2) is 0 Å². The van der Waals surface area contributed by atoms with Crippen molar-refractivity contribution in [1.82, 2.24) is 0 Å². The summed E-state index contributed by atoms with van der Waals surface area (Å²) >= 11 is 0. The second kappa shape index (κ2) is 12.5. The van der Waals surface area contributed by atoms with Gasteiger partial charge < -0.3 is 9.05 Å². The topological polar surface area (TPSA) is 52.6 Å². The van der Waals surface area contributed by atoms with E-state index in [-0.39, 0.29) is 0 Å². The monoisotopic (exact) mass is 526 g/mol. The number of hydrogen-bond donors (Lipinski definition) is 0. The highest BCUT2D eigenvalue weighted by Crippen LogP contribution is 2.45. The third-order valence-corrected chi connectivity index (χ3v) is 10.5. The third-order valence-electron chi connectivity index (χ3n) is 5.62. The Morgan fingerprint density at radius 3 is 0.973 bits per heavy atom. The molecule has 6 heteroatoms. The maximum absolute atomic E-state index is 13.6. The maximum atomic E-state index is 13.6. The minimum absolute atomic E-state index is 0.605. The standard InChI is InChI=1S/C18H15O2P.C13H13O2P/c19-21(17-12-6-2-7-13-17,18-14-8-3-9-15-18)20-16-10-4-1-5-11-16;1-15-16(14,12-8-4-2-5-9-12)13-10-6-3-7-11-13/h1-15H;2-11H,1H3. The largest absolute Gasteiger partial charge is 0.437 e. The average molecular weight is 527 g/mol. The summed E-state index contributed by atoms with van der Waals surface area (Å²) in [5, 5.41) is 2.84. The van der Waals surface area contributed by atoms with Crippen molar-refractivity contribution in [3.8, 4) is 5.75 Å². The van der Waals surface area contributed by atoms with Crippen LogP contribution in [0.25, 0.3) is 0 Å². The Morgan fingerprint density at radius 1 is 0.405 bits per heavy atom. The molecule has 0 aliphatic rings. The SMILES string of the molecule is COP(=O)(c1ccccc1)c1ccccc1.O=P(Oc1ccccc1)(c1ccccc1)c1ccccc1. The van der Waals surface area contributed by atoms with Crippen molar-refractivity contribution in [3.05, 3.63) is 152 Å². The predicted molar refractivity (Wildman–Crippen MR) is 154 cm³/mol. The number of rotatable bonds is 7. The Bertz CT molecular complexity index is 1370. The zero-order valence-corrected chi connectivity index (χ0v) is 22.3. The number of hydrogen-bond acceptors (Lipinski definition) is 4. The number of benzene rings is 5. The highest BCUT2D eigenvalue weighted by molar-refractivity contribution is 7.74. The van der Waals surface area contributed by atoms with Crippen molar-refractivity contribution >= 4 is 36.0 Å². The first-order valence-corrected chi connectivity index (χ1v) is 15.0. The first-order chi connectivity index (χ1) is 18.1. The van der Waals surface area contributed by atoms with Gasteiger partial charge in [-0.05, 0) is 60.7 Å². The molecule has 186 valence electrons. The molecule has 0 aliphatic carbocycles. The van der Waals surface area contributed by atoms with E-state index in [4.69, 9.17) is 9.05 Å². The van der Waals surface area contributed by atoms with Crippen LogP contribution in [0.3, 0.4) is 0 Å². The van der Waals surface area contributed by atoms with E-state index in [0.717, 1.165) is 10.6 Å². The van der Waals surface area contributed by atoms with E-state index in [9.17, 15) is 9.13 Å². The van der Waals surface area contributed by atoms with E-state index >= 15 is 0 Å². The number of para-hydroxylation sites is 1. The molecular formula is C31H28O4P2. The average Bonchev–Trinajstić information content (AvgIpc) is 2.99. The van der Waals surface area contributed by atoms with E-state index in [1.807, 2.05) is 152 Å². The quantitative estimate of drug-likeness (QED) is 0.226. The molecule has 0 spiro atoms. The van der Waals surface area contributed by atoms with Crippen molar-refractivity contribution in [1.29, 1.82) is 0 Å². The van der Waals surface area contributed by atoms with Crippen LogP contribution in [0.2, 0.25) is 0 Å². The van der Waals surface area contributed by atoms with Gasteiger partial charge in [-0.2, -0.15) is 0 Å². The van der Waals surface area contributed by atoms with Gasteiger partial charge in [-0.3, -0.25) is 9.13 Å². The van der Waals surface area contributed by atoms with Gasteiger partial charge in [0.05, 0.1) is 10.6 Å². The molecule has 5 aromatic rings. The second-order valence-electron chi connectivity index (χ2n) is 8.03. The van der Waals surface area contributed by atoms with Gasteiger partial charge in [-0.25, -0.2) is 0 Å². The molecule has 0 unspecified atom stereocenters. The van der Waals surface area contributed by atoms with Gasteiger partial charge in [-0.15, -0.1) is 0 Å². The van der Waals surface area contributed by atoms with Crippen LogP contribution in [-0.2, 0) is 13.7 Å². The van der Waals surface area contributed by atoms with Crippen LogP contribution < -0.4 is 25.7 Å². The van der Waals surface area contributed by atoms with Crippen LogP contribution in [0.4, 0.5) is 0 Å². The zero-order valence-electron chi connectivity index (χ0n) is 20.5. The fourth-order valence-corrected chi connectivity index (χ4v) is 7.65. The minimum Gasteiger partial charge on any atom is -0.437 e. The summed E-state index contributed by atoms with van der Waals surface area (Å²) in [7, 11) is -4.56. The lowest BCUT2D eigenvalue weighted by Gasteiger charge is -2.20. The molecule has 37 heavy (non-hydrogen) atoms. The van der Waals surface area contributed by atoms with Crippen molar-refractivity contribution in [2.45, 2.75) is 0 Å². The molecule has 0 radical (unpaired) electrons. The Kier molecular flexibility index (Phi) is 8.93. The molecule has 0 fully saturated rings. The first kappa shape index (κ1) is 26.4. The molecule has 4 nitrogen and oxygen atoms in total. The highest BCUT2D eigenvalue weighted by atomic mass is 31.2. The van der Waals surface area contributed by atoms with E-state index in [0.29, 0.717) is 16.4 Å². The molecule has 0 aliphatic heterocycles. The van der Waals surface area contributed by atoms with Gasteiger partial charge in [0.25, 0.3) is 7.37 Å². The van der Waals surface area contributed by atoms with Gasteiger partial charge in [0.2, 0.25) is 0 Å². The second-order valence-corrected chi connectivity index (χ2v) is 12.9. The van der Waals surface area contributed by atoms with Crippen LogP contribution in [-0.4, -0.2) is 7.11 Å². The molecule has 5 rings (SSSR count). The van der Waals surface area contributed by atoms with Crippen molar-refractivity contribution in [2.24, 2.45) is 0 Å². The molecule has 0 atom stereocenters. The summed E-state index contributed by atoms with van der Waals surface area (Å²) in [5.41, 5.74) is 0. The third kappa shape index (κ3) is 6.37. The molecule has 0 amide bonds. The minimum atomic E-state index is -3.15. The lowest BCUT2D eigenvalue weighted by molar-refractivity contribution is 0.412. The summed E-state index contributed by atoms with van der Waals surface area (Å²) in [6, 6.07) is 46.5. The van der Waals surface area contributed by atoms with E-state index in [1.54, 1.807) is 0 Å². The van der Waals surface area contributed by atoms with Crippen LogP contribution in [0, 0.1) is 0 Å². The molecular weight excluding hydrogens is 498 g/mol. The Morgan fingerprint density at radius 2 is 0.676 bits per heavy atom. The Labute approximate surface area is 218 Å². The molecule has 0 saturated heterocycles. The van der Waals surface area contributed by atoms with Crippen molar-refractivity contribution < 1.29 is 18.2 Å². The lowest BCUT2D eigenvalue weighted by Crippen LogP contribution is -2.19. The first-order valence-electron chi connectivity index (χ1n) is 11.8. The Balaban J connectivity index is 0.000000180. The fourth-order valence-electron chi connectivity index (χ4n) is 3.74. The van der Waals surface area contributed by atoms with Crippen molar-refractivity contribution in [3.63, 3.8) is 0 Å². The molecule has 0 aromatic heterocycles. The summed E-state index contributed by atoms with van der Waals surface area (Å²) < 4.78 is 37.5. The van der Waals surface area contributed by atoms with Crippen molar-refractivity contribution in [2.75, 3.05) is 7.11 Å². The summed E-state index contributed by atoms with van der Waals surface area (Å²) in [4.78, 5) is 0. The van der Waals surface area contributed by atoms with Crippen LogP contribution >= 0.6 is 14.7 Å². The Hall–Kier alpha value is -3.68. The summed E-state index contributed by atoms with van der Waals surface area (Å²) in [5.74, 6) is 0.605. The molecule has 5 aromatic carbocycles. The summed E-state index contributed by atoms with van der Waals surface area (Å²) in [6.45, 7) is 0. The zero-order chi connectivity index (χ0) is 26.0. The predicted octanol–water partition coefficient (Wildman–Crippen LogP) is 6.56. The normalized spacial score (nSPS) is 11.2. The van der Waals surface area contributed by atoms with E-state index in [2.05, 4.69) is 0 Å². The van der Waals surface area contributed by atoms with Crippen LogP contribution in [0.5, 0.6) is 5.75 Å². The van der Waals surface area contributed by atoms with Gasteiger partial charge >= 0.3 is 7.37 Å².